The van der Waals surface area contributed by atoms with Crippen molar-refractivity contribution in [2.24, 2.45) is 0 Å². The Hall–Kier alpha value is -1.79. The quantitative estimate of drug-likeness (QED) is 0.860. The second-order valence-electron chi connectivity index (χ2n) is 6.89. The molecule has 0 radical (unpaired) electrons. The third-order valence-corrected chi connectivity index (χ3v) is 5.40. The molecule has 0 bridgehead atoms. The van der Waals surface area contributed by atoms with Gasteiger partial charge in [0, 0.05) is 25.2 Å². The summed E-state index contributed by atoms with van der Waals surface area (Å²) in [5, 5.41) is 6.01. The predicted octanol–water partition coefficient (Wildman–Crippen LogP) is 2.85. The van der Waals surface area contributed by atoms with Crippen molar-refractivity contribution in [2.45, 2.75) is 37.6 Å². The van der Waals surface area contributed by atoms with E-state index >= 15 is 0 Å². The first-order valence-electron chi connectivity index (χ1n) is 9.24. The summed E-state index contributed by atoms with van der Waals surface area (Å²) in [6.45, 7) is 4.16. The minimum atomic E-state index is -0.178. The maximum absolute atomic E-state index is 12.4. The number of benzene rings is 1. The van der Waals surface area contributed by atoms with E-state index in [1.807, 2.05) is 24.3 Å². The van der Waals surface area contributed by atoms with E-state index in [9.17, 15) is 4.79 Å². The highest BCUT2D eigenvalue weighted by Crippen LogP contribution is 2.34. The number of ether oxygens (including phenoxy) is 2. The minimum absolute atomic E-state index is 0.0696. The van der Waals surface area contributed by atoms with Crippen LogP contribution >= 0.6 is 0 Å². The van der Waals surface area contributed by atoms with Crippen LogP contribution in [-0.4, -0.2) is 56.4 Å². The largest absolute Gasteiger partial charge is 0.495 e. The molecule has 1 saturated carbocycles. The number of urea groups is 1. The number of hydrogen-bond acceptors (Lipinski definition) is 4. The van der Waals surface area contributed by atoms with Crippen LogP contribution in [0.25, 0.3) is 0 Å². The molecule has 1 aliphatic carbocycles. The lowest BCUT2D eigenvalue weighted by atomic mass is 9.80. The number of rotatable bonds is 5. The molecule has 3 rings (SSSR count). The molecule has 2 amide bonds. The fourth-order valence-electron chi connectivity index (χ4n) is 4.01. The molecule has 138 valence electrons. The van der Waals surface area contributed by atoms with Crippen LogP contribution in [0.2, 0.25) is 0 Å². The smallest absolute Gasteiger partial charge is 0.319 e. The molecule has 6 nitrogen and oxygen atoms in total. The highest BCUT2D eigenvalue weighted by atomic mass is 16.5. The number of para-hydroxylation sites is 2. The first kappa shape index (κ1) is 18.0. The average molecular weight is 347 g/mol. The van der Waals surface area contributed by atoms with Gasteiger partial charge in [0.15, 0.2) is 0 Å². The van der Waals surface area contributed by atoms with Crippen molar-refractivity contribution in [1.82, 2.24) is 10.2 Å². The topological polar surface area (TPSA) is 62.8 Å². The molecule has 2 aliphatic rings. The molecular formula is C19H29N3O3. The molecule has 2 fully saturated rings. The lowest BCUT2D eigenvalue weighted by Crippen LogP contribution is -2.60. The van der Waals surface area contributed by atoms with Crippen molar-refractivity contribution in [2.75, 3.05) is 45.3 Å². The molecule has 1 aromatic rings. The van der Waals surface area contributed by atoms with E-state index in [-0.39, 0.29) is 11.6 Å². The molecule has 25 heavy (non-hydrogen) atoms. The Kier molecular flexibility index (Phi) is 6.15. The number of amides is 2. The van der Waals surface area contributed by atoms with E-state index in [0.717, 1.165) is 39.1 Å². The maximum atomic E-state index is 12.4. The normalized spacial score (nSPS) is 20.7. The SMILES string of the molecule is COc1ccccc1NC(=O)NCC1(N2CCOCC2)CCCCC1. The summed E-state index contributed by atoms with van der Waals surface area (Å²) in [5.41, 5.74) is 0.756. The van der Waals surface area contributed by atoms with Crippen molar-refractivity contribution in [3.63, 3.8) is 0 Å². The summed E-state index contributed by atoms with van der Waals surface area (Å²) in [6.07, 6.45) is 6.03. The second kappa shape index (κ2) is 8.54. The van der Waals surface area contributed by atoms with Gasteiger partial charge in [0.05, 0.1) is 26.0 Å². The zero-order chi connectivity index (χ0) is 17.5. The maximum Gasteiger partial charge on any atom is 0.319 e. The highest BCUT2D eigenvalue weighted by Gasteiger charge is 2.38. The first-order chi connectivity index (χ1) is 12.2. The van der Waals surface area contributed by atoms with Crippen LogP contribution in [0.1, 0.15) is 32.1 Å². The van der Waals surface area contributed by atoms with Gasteiger partial charge in [-0.05, 0) is 25.0 Å². The molecule has 1 aliphatic heterocycles. The van der Waals surface area contributed by atoms with Crippen molar-refractivity contribution in [3.05, 3.63) is 24.3 Å². The van der Waals surface area contributed by atoms with Crippen molar-refractivity contribution < 1.29 is 14.3 Å². The van der Waals surface area contributed by atoms with E-state index in [4.69, 9.17) is 9.47 Å². The Morgan fingerprint density at radius 1 is 1.20 bits per heavy atom. The summed E-state index contributed by atoms with van der Waals surface area (Å²) >= 11 is 0. The average Bonchev–Trinajstić information content (AvgIpc) is 2.68. The fourth-order valence-corrected chi connectivity index (χ4v) is 4.01. The Morgan fingerprint density at radius 3 is 2.64 bits per heavy atom. The summed E-state index contributed by atoms with van der Waals surface area (Å²) in [7, 11) is 1.61. The van der Waals surface area contributed by atoms with Gasteiger partial charge in [0.25, 0.3) is 0 Å². The van der Waals surface area contributed by atoms with Crippen LogP contribution in [0.4, 0.5) is 10.5 Å². The van der Waals surface area contributed by atoms with E-state index in [2.05, 4.69) is 15.5 Å². The number of carbonyl (C=O) groups is 1. The standard InChI is InChI=1S/C19H29N3O3/c1-24-17-8-4-3-7-16(17)21-18(23)20-15-19(9-5-2-6-10-19)22-11-13-25-14-12-22/h3-4,7-8H,2,5-6,9-15H2,1H3,(H2,20,21,23). The Bertz CT molecular complexity index is 567. The van der Waals surface area contributed by atoms with Crippen molar-refractivity contribution >= 4 is 11.7 Å². The molecular weight excluding hydrogens is 318 g/mol. The van der Waals surface area contributed by atoms with Gasteiger partial charge < -0.3 is 20.1 Å². The van der Waals surface area contributed by atoms with Gasteiger partial charge in [-0.3, -0.25) is 4.90 Å². The molecule has 1 aromatic carbocycles. The van der Waals surface area contributed by atoms with E-state index in [0.29, 0.717) is 18.0 Å². The van der Waals surface area contributed by atoms with Crippen molar-refractivity contribution in [1.29, 1.82) is 0 Å². The molecule has 6 heteroatoms. The number of morpholine rings is 1. The third-order valence-electron chi connectivity index (χ3n) is 5.40. The Labute approximate surface area is 149 Å². The predicted molar refractivity (Wildman–Crippen MR) is 98.2 cm³/mol. The van der Waals surface area contributed by atoms with Gasteiger partial charge >= 0.3 is 6.03 Å². The molecule has 1 saturated heterocycles. The van der Waals surface area contributed by atoms with Gasteiger partial charge in [-0.2, -0.15) is 0 Å². The highest BCUT2D eigenvalue weighted by molar-refractivity contribution is 5.90. The van der Waals surface area contributed by atoms with Crippen LogP contribution in [0, 0.1) is 0 Å². The fraction of sp³-hybridized carbons (Fsp3) is 0.632. The molecule has 1 heterocycles. The van der Waals surface area contributed by atoms with Crippen molar-refractivity contribution in [3.8, 4) is 5.75 Å². The summed E-state index contributed by atoms with van der Waals surface area (Å²) < 4.78 is 10.8. The minimum Gasteiger partial charge on any atom is -0.495 e. The van der Waals surface area contributed by atoms with Crippen LogP contribution in [0.15, 0.2) is 24.3 Å². The number of nitrogens with zero attached hydrogens (tertiary/aromatic N) is 1. The van der Waals surface area contributed by atoms with E-state index in [1.165, 1.54) is 19.3 Å². The molecule has 0 spiro atoms. The van der Waals surface area contributed by atoms with E-state index in [1.54, 1.807) is 7.11 Å². The van der Waals surface area contributed by atoms with Crippen LogP contribution < -0.4 is 15.4 Å². The zero-order valence-corrected chi connectivity index (χ0v) is 15.1. The second-order valence-corrected chi connectivity index (χ2v) is 6.89. The monoisotopic (exact) mass is 347 g/mol. The third kappa shape index (κ3) is 4.44. The molecule has 0 unspecified atom stereocenters. The number of methoxy groups -OCH3 is 1. The first-order valence-corrected chi connectivity index (χ1v) is 9.24. The van der Waals surface area contributed by atoms with Gasteiger partial charge in [-0.25, -0.2) is 4.79 Å². The lowest BCUT2D eigenvalue weighted by molar-refractivity contribution is -0.0356. The van der Waals surface area contributed by atoms with Crippen LogP contribution in [-0.2, 0) is 4.74 Å². The van der Waals surface area contributed by atoms with Gasteiger partial charge in [-0.15, -0.1) is 0 Å². The molecule has 2 N–H and O–H groups in total. The summed E-state index contributed by atoms with van der Waals surface area (Å²) in [5.74, 6) is 0.665. The number of anilines is 1. The lowest BCUT2D eigenvalue weighted by Gasteiger charge is -2.48. The van der Waals surface area contributed by atoms with Gasteiger partial charge in [0.1, 0.15) is 5.75 Å². The molecule has 0 atom stereocenters. The van der Waals surface area contributed by atoms with Crippen LogP contribution in [0.5, 0.6) is 5.75 Å². The van der Waals surface area contributed by atoms with Crippen LogP contribution in [0.3, 0.4) is 0 Å². The van der Waals surface area contributed by atoms with E-state index < -0.39 is 0 Å². The summed E-state index contributed by atoms with van der Waals surface area (Å²) in [6, 6.07) is 7.27. The number of nitrogens with one attached hydrogen (secondary N) is 2. The number of hydrogen-bond donors (Lipinski definition) is 2. The Balaban J connectivity index is 1.61. The molecule has 0 aromatic heterocycles. The number of carbonyl (C=O) groups excluding carboxylic acids is 1. The zero-order valence-electron chi connectivity index (χ0n) is 15.1. The Morgan fingerprint density at radius 2 is 1.92 bits per heavy atom. The summed E-state index contributed by atoms with van der Waals surface area (Å²) in [4.78, 5) is 15.0. The van der Waals surface area contributed by atoms with Gasteiger partial charge in [0.2, 0.25) is 0 Å². The van der Waals surface area contributed by atoms with Gasteiger partial charge in [-0.1, -0.05) is 31.4 Å².